The van der Waals surface area contributed by atoms with E-state index in [1.54, 1.807) is 42.5 Å². The standard InChI is InChI=1S/C21H24N2O5/c1-26-17-6-3-7-18(27-2)19(17)21(25)23-15-10-8-14(9-11-15)20(24)22-13-16-5-4-12-28-16/h3,6-11,16H,4-5,12-13H2,1-2H3,(H,22,24)(H,23,25)/t16-/m0/s1. The van der Waals surface area contributed by atoms with Gasteiger partial charge in [0.25, 0.3) is 11.8 Å². The Morgan fingerprint density at radius 3 is 2.29 bits per heavy atom. The van der Waals surface area contributed by atoms with Crippen molar-refractivity contribution in [2.45, 2.75) is 18.9 Å². The number of hydrogen-bond donors (Lipinski definition) is 2. The van der Waals surface area contributed by atoms with Crippen LogP contribution in [0.5, 0.6) is 11.5 Å². The van der Waals surface area contributed by atoms with Crippen LogP contribution in [0.4, 0.5) is 5.69 Å². The van der Waals surface area contributed by atoms with Crippen LogP contribution >= 0.6 is 0 Å². The fraction of sp³-hybridized carbons (Fsp3) is 0.333. The first-order valence-corrected chi connectivity index (χ1v) is 9.14. The molecular formula is C21H24N2O5. The highest BCUT2D eigenvalue weighted by molar-refractivity contribution is 6.08. The number of amides is 2. The second-order valence-corrected chi connectivity index (χ2v) is 6.41. The summed E-state index contributed by atoms with van der Waals surface area (Å²) < 4.78 is 16.0. The molecule has 28 heavy (non-hydrogen) atoms. The van der Waals surface area contributed by atoms with E-state index in [2.05, 4.69) is 10.6 Å². The number of ether oxygens (including phenoxy) is 3. The third kappa shape index (κ3) is 4.61. The average molecular weight is 384 g/mol. The summed E-state index contributed by atoms with van der Waals surface area (Å²) in [5.74, 6) is 0.314. The molecule has 2 aromatic carbocycles. The monoisotopic (exact) mass is 384 g/mol. The molecule has 0 unspecified atom stereocenters. The van der Waals surface area contributed by atoms with Gasteiger partial charge in [0.05, 0.1) is 20.3 Å². The van der Waals surface area contributed by atoms with Crippen LogP contribution in [0.1, 0.15) is 33.6 Å². The van der Waals surface area contributed by atoms with E-state index in [1.807, 2.05) is 0 Å². The van der Waals surface area contributed by atoms with Gasteiger partial charge in [-0.25, -0.2) is 0 Å². The average Bonchev–Trinajstić information content (AvgIpc) is 3.25. The first kappa shape index (κ1) is 19.7. The molecule has 0 saturated carbocycles. The Kier molecular flexibility index (Phi) is 6.49. The van der Waals surface area contributed by atoms with Gasteiger partial charge in [-0.3, -0.25) is 9.59 Å². The lowest BCUT2D eigenvalue weighted by Gasteiger charge is -2.13. The number of hydrogen-bond acceptors (Lipinski definition) is 5. The molecule has 1 aliphatic heterocycles. The van der Waals surface area contributed by atoms with E-state index < -0.39 is 0 Å². The molecule has 2 N–H and O–H groups in total. The molecule has 1 atom stereocenters. The van der Waals surface area contributed by atoms with E-state index in [0.717, 1.165) is 19.4 Å². The number of nitrogens with one attached hydrogen (secondary N) is 2. The van der Waals surface area contributed by atoms with Crippen LogP contribution in [0.2, 0.25) is 0 Å². The van der Waals surface area contributed by atoms with Gasteiger partial charge in [0.1, 0.15) is 17.1 Å². The van der Waals surface area contributed by atoms with Crippen LogP contribution in [0.15, 0.2) is 42.5 Å². The van der Waals surface area contributed by atoms with Gasteiger partial charge >= 0.3 is 0 Å². The van der Waals surface area contributed by atoms with Crippen LogP contribution in [-0.2, 0) is 4.74 Å². The molecule has 1 fully saturated rings. The van der Waals surface area contributed by atoms with E-state index in [-0.39, 0.29) is 17.9 Å². The second-order valence-electron chi connectivity index (χ2n) is 6.41. The molecule has 0 aliphatic carbocycles. The van der Waals surface area contributed by atoms with Gasteiger partial charge in [0.15, 0.2) is 0 Å². The Labute approximate surface area is 164 Å². The van der Waals surface area contributed by atoms with Crippen molar-refractivity contribution in [2.24, 2.45) is 0 Å². The summed E-state index contributed by atoms with van der Waals surface area (Å²) in [7, 11) is 2.99. The van der Waals surface area contributed by atoms with E-state index in [0.29, 0.717) is 34.9 Å². The highest BCUT2D eigenvalue weighted by atomic mass is 16.5. The van der Waals surface area contributed by atoms with Gasteiger partial charge in [0, 0.05) is 24.4 Å². The first-order valence-electron chi connectivity index (χ1n) is 9.14. The Morgan fingerprint density at radius 1 is 1.04 bits per heavy atom. The molecule has 2 aromatic rings. The number of carbonyl (C=O) groups excluding carboxylic acids is 2. The summed E-state index contributed by atoms with van der Waals surface area (Å²) in [5.41, 5.74) is 1.39. The second kappa shape index (κ2) is 9.23. The molecule has 1 heterocycles. The maximum Gasteiger partial charge on any atom is 0.263 e. The third-order valence-corrected chi connectivity index (χ3v) is 4.57. The van der Waals surface area contributed by atoms with Crippen LogP contribution < -0.4 is 20.1 Å². The Hall–Kier alpha value is -3.06. The zero-order valence-corrected chi connectivity index (χ0v) is 16.0. The van der Waals surface area contributed by atoms with E-state index >= 15 is 0 Å². The Balaban J connectivity index is 1.64. The zero-order valence-electron chi connectivity index (χ0n) is 16.0. The smallest absolute Gasteiger partial charge is 0.263 e. The summed E-state index contributed by atoms with van der Waals surface area (Å²) in [6, 6.07) is 11.8. The van der Waals surface area contributed by atoms with Crippen molar-refractivity contribution >= 4 is 17.5 Å². The van der Waals surface area contributed by atoms with Crippen molar-refractivity contribution in [1.82, 2.24) is 5.32 Å². The molecule has 3 rings (SSSR count). The number of carbonyl (C=O) groups is 2. The molecule has 2 amide bonds. The van der Waals surface area contributed by atoms with Gasteiger partial charge in [-0.1, -0.05) is 6.07 Å². The highest BCUT2D eigenvalue weighted by Crippen LogP contribution is 2.29. The van der Waals surface area contributed by atoms with Crippen molar-refractivity contribution < 1.29 is 23.8 Å². The SMILES string of the molecule is COc1cccc(OC)c1C(=O)Nc1ccc(C(=O)NC[C@@H]2CCCO2)cc1. The van der Waals surface area contributed by atoms with E-state index in [1.165, 1.54) is 14.2 Å². The molecular weight excluding hydrogens is 360 g/mol. The Bertz CT molecular complexity index is 807. The first-order chi connectivity index (χ1) is 13.6. The molecule has 0 radical (unpaired) electrons. The Morgan fingerprint density at radius 2 is 1.71 bits per heavy atom. The van der Waals surface area contributed by atoms with Crippen molar-refractivity contribution in [3.8, 4) is 11.5 Å². The quantitative estimate of drug-likeness (QED) is 0.767. The van der Waals surface area contributed by atoms with Crippen LogP contribution in [0.3, 0.4) is 0 Å². The molecule has 0 spiro atoms. The minimum absolute atomic E-state index is 0.0957. The fourth-order valence-corrected chi connectivity index (χ4v) is 3.09. The molecule has 1 saturated heterocycles. The molecule has 0 aromatic heterocycles. The summed E-state index contributed by atoms with van der Waals surface area (Å²) in [6.45, 7) is 1.26. The van der Waals surface area contributed by atoms with Crippen LogP contribution in [-0.4, -0.2) is 45.3 Å². The minimum Gasteiger partial charge on any atom is -0.496 e. The van der Waals surface area contributed by atoms with Gasteiger partial charge in [0.2, 0.25) is 0 Å². The van der Waals surface area contributed by atoms with Crippen molar-refractivity contribution in [3.63, 3.8) is 0 Å². The lowest BCUT2D eigenvalue weighted by molar-refractivity contribution is 0.0857. The molecule has 7 heteroatoms. The molecule has 148 valence electrons. The number of benzene rings is 2. The fourth-order valence-electron chi connectivity index (χ4n) is 3.09. The lowest BCUT2D eigenvalue weighted by atomic mass is 10.1. The number of rotatable bonds is 7. The summed E-state index contributed by atoms with van der Waals surface area (Å²) in [5, 5.41) is 5.67. The molecule has 0 bridgehead atoms. The number of anilines is 1. The zero-order chi connectivity index (χ0) is 19.9. The summed E-state index contributed by atoms with van der Waals surface area (Å²) in [4.78, 5) is 24.9. The number of methoxy groups -OCH3 is 2. The van der Waals surface area contributed by atoms with Crippen molar-refractivity contribution in [1.29, 1.82) is 0 Å². The predicted octanol–water partition coefficient (Wildman–Crippen LogP) is 2.86. The normalized spacial score (nSPS) is 15.7. The lowest BCUT2D eigenvalue weighted by Crippen LogP contribution is -2.31. The van der Waals surface area contributed by atoms with Crippen molar-refractivity contribution in [3.05, 3.63) is 53.6 Å². The van der Waals surface area contributed by atoms with Crippen molar-refractivity contribution in [2.75, 3.05) is 32.7 Å². The minimum atomic E-state index is -0.357. The van der Waals surface area contributed by atoms with Gasteiger partial charge in [-0.05, 0) is 49.2 Å². The predicted molar refractivity (Wildman–Crippen MR) is 105 cm³/mol. The summed E-state index contributed by atoms with van der Waals surface area (Å²) >= 11 is 0. The maximum absolute atomic E-state index is 12.7. The van der Waals surface area contributed by atoms with Gasteiger partial charge < -0.3 is 24.8 Å². The molecule has 1 aliphatic rings. The topological polar surface area (TPSA) is 85.9 Å². The highest BCUT2D eigenvalue weighted by Gasteiger charge is 2.19. The van der Waals surface area contributed by atoms with Crippen LogP contribution in [0.25, 0.3) is 0 Å². The maximum atomic E-state index is 12.7. The largest absolute Gasteiger partial charge is 0.496 e. The van der Waals surface area contributed by atoms with Gasteiger partial charge in [-0.15, -0.1) is 0 Å². The van der Waals surface area contributed by atoms with Gasteiger partial charge in [-0.2, -0.15) is 0 Å². The third-order valence-electron chi connectivity index (χ3n) is 4.57. The molecule has 7 nitrogen and oxygen atoms in total. The van der Waals surface area contributed by atoms with Crippen LogP contribution in [0, 0.1) is 0 Å². The van der Waals surface area contributed by atoms with E-state index in [9.17, 15) is 9.59 Å². The summed E-state index contributed by atoms with van der Waals surface area (Å²) in [6.07, 6.45) is 2.10. The van der Waals surface area contributed by atoms with E-state index in [4.69, 9.17) is 14.2 Å².